The van der Waals surface area contributed by atoms with Crippen molar-refractivity contribution in [1.82, 2.24) is 0 Å². The normalized spacial score (nSPS) is 11.3. The monoisotopic (exact) mass is 380 g/mol. The molecule has 0 aliphatic heterocycles. The van der Waals surface area contributed by atoms with Crippen molar-refractivity contribution in [2.24, 2.45) is 0 Å². The van der Waals surface area contributed by atoms with Crippen LogP contribution in [0.1, 0.15) is 39.5 Å². The highest BCUT2D eigenvalue weighted by molar-refractivity contribution is 8.00. The van der Waals surface area contributed by atoms with E-state index in [0.29, 0.717) is 35.3 Å². The van der Waals surface area contributed by atoms with Crippen molar-refractivity contribution in [3.8, 4) is 11.5 Å². The van der Waals surface area contributed by atoms with Crippen LogP contribution >= 0.6 is 17.7 Å². The maximum atomic E-state index is 13.2. The van der Waals surface area contributed by atoms with E-state index in [4.69, 9.17) is 20.7 Å². The van der Waals surface area contributed by atoms with Crippen LogP contribution in [0, 0.1) is 0 Å². The average molecular weight is 381 g/mol. The number of halogens is 1. The fourth-order valence-corrected chi connectivity index (χ4v) is 4.39. The molecule has 0 amide bonds. The van der Waals surface area contributed by atoms with Crippen molar-refractivity contribution < 1.29 is 14.0 Å². The Labute approximate surface area is 155 Å². The minimum atomic E-state index is -3.22. The van der Waals surface area contributed by atoms with Gasteiger partial charge in [0.2, 0.25) is 6.49 Å². The maximum Gasteiger partial charge on any atom is 0.226 e. The molecule has 0 aliphatic carbocycles. The zero-order valence-corrected chi connectivity index (χ0v) is 16.6. The molecule has 0 spiro atoms. The third-order valence-electron chi connectivity index (χ3n) is 3.83. The zero-order valence-electron chi connectivity index (χ0n) is 14.9. The molecule has 25 heavy (non-hydrogen) atoms. The quantitative estimate of drug-likeness (QED) is 0.402. The summed E-state index contributed by atoms with van der Waals surface area (Å²) in [4.78, 5) is 0. The molecule has 0 fully saturated rings. The molecule has 2 rings (SSSR count). The van der Waals surface area contributed by atoms with Crippen molar-refractivity contribution in [1.29, 1.82) is 0 Å². The van der Waals surface area contributed by atoms with Crippen LogP contribution in [0.4, 0.5) is 0 Å². The molecule has 0 atom stereocenters. The number of hydrogen-bond acceptors (Lipinski definition) is 3. The van der Waals surface area contributed by atoms with Crippen LogP contribution in [-0.4, -0.2) is 13.2 Å². The maximum absolute atomic E-state index is 13.2. The van der Waals surface area contributed by atoms with Crippen LogP contribution in [0.15, 0.2) is 48.5 Å². The van der Waals surface area contributed by atoms with Gasteiger partial charge in [-0.1, -0.05) is 38.8 Å². The van der Waals surface area contributed by atoms with E-state index in [0.717, 1.165) is 25.7 Å². The van der Waals surface area contributed by atoms with Crippen LogP contribution in [0.25, 0.3) is 0 Å². The number of unbranched alkanes of at least 4 members (excludes halogenated alkanes) is 2. The van der Waals surface area contributed by atoms with Crippen molar-refractivity contribution in [2.45, 2.75) is 39.5 Å². The van der Waals surface area contributed by atoms with E-state index >= 15 is 0 Å². The van der Waals surface area contributed by atoms with Gasteiger partial charge in [0, 0.05) is 10.6 Å². The Bertz CT molecular complexity index is 660. The Hall–Kier alpha value is -1.44. The molecule has 5 heteroatoms. The second kappa shape index (κ2) is 9.89. The minimum Gasteiger partial charge on any atom is -0.494 e. The highest BCUT2D eigenvalue weighted by atomic mass is 35.7. The van der Waals surface area contributed by atoms with E-state index in [2.05, 4.69) is 13.8 Å². The summed E-state index contributed by atoms with van der Waals surface area (Å²) in [6.45, 7) is 2.30. The molecule has 0 unspecified atom stereocenters. The molecule has 0 N–H and O–H groups in total. The second-order valence-electron chi connectivity index (χ2n) is 5.93. The summed E-state index contributed by atoms with van der Waals surface area (Å²) in [6, 6.07) is 14.5. The molecule has 0 saturated heterocycles. The van der Waals surface area contributed by atoms with Crippen molar-refractivity contribution in [3.63, 3.8) is 0 Å². The van der Waals surface area contributed by atoms with Gasteiger partial charge in [0.15, 0.2) is 0 Å². The number of ether oxygens (including phenoxy) is 2. The summed E-state index contributed by atoms with van der Waals surface area (Å²) in [5.41, 5.74) is 0. The Morgan fingerprint density at radius 2 is 1.28 bits per heavy atom. The standard InChI is InChI=1S/C20H26ClO3P/c1-3-5-13-23-17-9-7-11-19(15-17)25(21,22)20-12-8-10-18(16-20)24-14-6-4-2/h7-12,15-16H,3-6,13-14H2,1-2H3. The van der Waals surface area contributed by atoms with Crippen LogP contribution in [0.3, 0.4) is 0 Å². The first-order valence-electron chi connectivity index (χ1n) is 8.84. The molecule has 0 saturated carbocycles. The molecule has 2 aromatic rings. The SMILES string of the molecule is CCCCOc1cccc(P(=O)(Cl)c2cccc(OCCCC)c2)c1. The molecular weight excluding hydrogens is 355 g/mol. The molecule has 0 bridgehead atoms. The predicted molar refractivity (Wildman–Crippen MR) is 106 cm³/mol. The van der Waals surface area contributed by atoms with Gasteiger partial charge >= 0.3 is 0 Å². The topological polar surface area (TPSA) is 35.5 Å². The molecule has 2 aromatic carbocycles. The minimum absolute atomic E-state index is 0.578. The van der Waals surface area contributed by atoms with Gasteiger partial charge in [0.1, 0.15) is 11.5 Å². The molecule has 0 aromatic heterocycles. The van der Waals surface area contributed by atoms with Crippen LogP contribution in [-0.2, 0) is 4.57 Å². The molecule has 136 valence electrons. The molecule has 0 radical (unpaired) electrons. The summed E-state index contributed by atoms with van der Waals surface area (Å²) in [7, 11) is 0. The largest absolute Gasteiger partial charge is 0.494 e. The van der Waals surface area contributed by atoms with E-state index in [9.17, 15) is 4.57 Å². The van der Waals surface area contributed by atoms with Crippen molar-refractivity contribution in [2.75, 3.05) is 13.2 Å². The van der Waals surface area contributed by atoms with Gasteiger partial charge in [-0.3, -0.25) is 4.57 Å². The first kappa shape index (κ1) is 19.9. The number of hydrogen-bond donors (Lipinski definition) is 0. The van der Waals surface area contributed by atoms with Gasteiger partial charge in [-0.25, -0.2) is 0 Å². The lowest BCUT2D eigenvalue weighted by Gasteiger charge is -2.14. The van der Waals surface area contributed by atoms with Crippen LogP contribution in [0.5, 0.6) is 11.5 Å². The number of benzene rings is 2. The smallest absolute Gasteiger partial charge is 0.226 e. The van der Waals surface area contributed by atoms with Gasteiger partial charge < -0.3 is 9.47 Å². The summed E-state index contributed by atoms with van der Waals surface area (Å²) < 4.78 is 24.6. The van der Waals surface area contributed by atoms with Gasteiger partial charge in [-0.15, -0.1) is 0 Å². The predicted octanol–water partition coefficient (Wildman–Crippen LogP) is 5.51. The van der Waals surface area contributed by atoms with E-state index in [1.807, 2.05) is 24.3 Å². The van der Waals surface area contributed by atoms with Crippen molar-refractivity contribution >= 4 is 28.3 Å². The number of rotatable bonds is 10. The summed E-state index contributed by atoms with van der Waals surface area (Å²) >= 11 is 6.50. The lowest BCUT2D eigenvalue weighted by molar-refractivity contribution is 0.309. The Kier molecular flexibility index (Phi) is 7.87. The van der Waals surface area contributed by atoms with E-state index < -0.39 is 6.49 Å². The zero-order chi connectivity index (χ0) is 18.1. The molecule has 3 nitrogen and oxygen atoms in total. The van der Waals surface area contributed by atoms with Gasteiger partial charge in [-0.05, 0) is 60.5 Å². The van der Waals surface area contributed by atoms with Gasteiger partial charge in [0.05, 0.1) is 13.2 Å². The van der Waals surface area contributed by atoms with E-state index in [1.54, 1.807) is 24.3 Å². The lowest BCUT2D eigenvalue weighted by atomic mass is 10.3. The molecular formula is C20H26ClO3P. The highest BCUT2D eigenvalue weighted by Gasteiger charge is 2.25. The fourth-order valence-electron chi connectivity index (χ4n) is 2.32. The Morgan fingerprint density at radius 1 is 0.840 bits per heavy atom. The first-order chi connectivity index (χ1) is 12.1. The second-order valence-corrected chi connectivity index (χ2v) is 9.46. The van der Waals surface area contributed by atoms with Crippen molar-refractivity contribution in [3.05, 3.63) is 48.5 Å². The summed E-state index contributed by atoms with van der Waals surface area (Å²) in [5.74, 6) is 1.39. The highest BCUT2D eigenvalue weighted by Crippen LogP contribution is 2.49. The summed E-state index contributed by atoms with van der Waals surface area (Å²) in [6.07, 6.45) is 4.11. The van der Waals surface area contributed by atoms with Crippen LogP contribution < -0.4 is 20.1 Å². The Morgan fingerprint density at radius 3 is 1.68 bits per heavy atom. The third-order valence-corrected chi connectivity index (χ3v) is 6.89. The van der Waals surface area contributed by atoms with Crippen LogP contribution in [0.2, 0.25) is 0 Å². The van der Waals surface area contributed by atoms with E-state index in [1.165, 1.54) is 0 Å². The lowest BCUT2D eigenvalue weighted by Crippen LogP contribution is -2.13. The molecule has 0 aliphatic rings. The molecule has 0 heterocycles. The fraction of sp³-hybridized carbons (Fsp3) is 0.400. The Balaban J connectivity index is 2.18. The van der Waals surface area contributed by atoms with Gasteiger partial charge in [-0.2, -0.15) is 0 Å². The summed E-state index contributed by atoms with van der Waals surface area (Å²) in [5, 5.41) is 1.16. The third kappa shape index (κ3) is 5.80. The van der Waals surface area contributed by atoms with Gasteiger partial charge in [0.25, 0.3) is 0 Å². The van der Waals surface area contributed by atoms with E-state index in [-0.39, 0.29) is 0 Å². The first-order valence-corrected chi connectivity index (χ1v) is 11.5. The average Bonchev–Trinajstić information content (AvgIpc) is 2.63.